The molecule has 3 N–H and O–H groups in total. The van der Waals surface area contributed by atoms with Gasteiger partial charge in [-0.1, -0.05) is 36.4 Å². The topological polar surface area (TPSA) is 113 Å². The molecule has 0 aliphatic heterocycles. The Morgan fingerprint density at radius 3 is 2.36 bits per heavy atom. The number of rotatable bonds is 6. The minimum atomic E-state index is -4.24. The van der Waals surface area contributed by atoms with Crippen LogP contribution in [0.2, 0.25) is 0 Å². The number of ether oxygens (including phenoxy) is 1. The largest absolute Gasteiger partial charge is 0.508 e. The molecule has 4 aromatic carbocycles. The van der Waals surface area contributed by atoms with Gasteiger partial charge in [0.2, 0.25) is 0 Å². The molecule has 9 heteroatoms. The first-order valence-electron chi connectivity index (χ1n) is 9.66. The lowest BCUT2D eigenvalue weighted by Crippen LogP contribution is -2.15. The van der Waals surface area contributed by atoms with Gasteiger partial charge < -0.3 is 14.9 Å². The van der Waals surface area contributed by atoms with Gasteiger partial charge in [-0.15, -0.1) is 0 Å². The molecule has 0 spiro atoms. The lowest BCUT2D eigenvalue weighted by Gasteiger charge is -2.17. The molecule has 7 nitrogen and oxygen atoms in total. The zero-order chi connectivity index (χ0) is 23.8. The molecule has 4 rings (SSSR count). The molecule has 0 radical (unpaired) electrons. The highest BCUT2D eigenvalue weighted by molar-refractivity contribution is 7.93. The van der Waals surface area contributed by atoms with E-state index >= 15 is 0 Å². The van der Waals surface area contributed by atoms with E-state index in [4.69, 9.17) is 9.84 Å². The van der Waals surface area contributed by atoms with Gasteiger partial charge in [-0.2, -0.15) is 0 Å². The summed E-state index contributed by atoms with van der Waals surface area (Å²) in [6.45, 7) is 0. The number of hydrogen-bond acceptors (Lipinski definition) is 5. The summed E-state index contributed by atoms with van der Waals surface area (Å²) in [4.78, 5) is 11.1. The van der Waals surface area contributed by atoms with Crippen molar-refractivity contribution < 1.29 is 32.6 Å². The highest BCUT2D eigenvalue weighted by Gasteiger charge is 2.24. The van der Waals surface area contributed by atoms with Gasteiger partial charge in [-0.25, -0.2) is 17.6 Å². The maximum atomic E-state index is 13.7. The number of anilines is 1. The Labute approximate surface area is 188 Å². The first-order valence-corrected chi connectivity index (χ1v) is 11.1. The van der Waals surface area contributed by atoms with Crippen LogP contribution in [-0.4, -0.2) is 31.7 Å². The SMILES string of the molecule is COc1c(-c2cccc(O)c2)cc(S(=O)(=O)Nc2ccc(F)c(C(=O)O)c2)c2ccccc12. The molecule has 0 aliphatic carbocycles. The molecule has 33 heavy (non-hydrogen) atoms. The fourth-order valence-electron chi connectivity index (χ4n) is 3.61. The Morgan fingerprint density at radius 1 is 0.970 bits per heavy atom. The molecular weight excluding hydrogens is 449 g/mol. The summed E-state index contributed by atoms with van der Waals surface area (Å²) < 4.78 is 48.4. The first-order chi connectivity index (χ1) is 15.7. The van der Waals surface area contributed by atoms with Gasteiger partial charge in [0.15, 0.2) is 0 Å². The molecule has 4 aromatic rings. The third kappa shape index (κ3) is 4.18. The van der Waals surface area contributed by atoms with Crippen molar-refractivity contribution in [3.05, 3.63) is 84.2 Å². The average molecular weight is 467 g/mol. The second-order valence-corrected chi connectivity index (χ2v) is 8.81. The second-order valence-electron chi connectivity index (χ2n) is 7.16. The molecule has 0 atom stereocenters. The highest BCUT2D eigenvalue weighted by Crippen LogP contribution is 2.41. The van der Waals surface area contributed by atoms with Gasteiger partial charge in [0.05, 0.1) is 17.6 Å². The zero-order valence-electron chi connectivity index (χ0n) is 17.2. The van der Waals surface area contributed by atoms with Gasteiger partial charge in [-0.05, 0) is 42.0 Å². The Hall–Kier alpha value is -4.11. The Kier molecular flexibility index (Phi) is 5.65. The van der Waals surface area contributed by atoms with E-state index in [9.17, 15) is 22.7 Å². The van der Waals surface area contributed by atoms with Gasteiger partial charge in [0.1, 0.15) is 17.3 Å². The number of nitrogens with one attached hydrogen (secondary N) is 1. The molecule has 0 saturated heterocycles. The van der Waals surface area contributed by atoms with Gasteiger partial charge in [0, 0.05) is 22.0 Å². The van der Waals surface area contributed by atoms with E-state index in [2.05, 4.69) is 4.72 Å². The summed E-state index contributed by atoms with van der Waals surface area (Å²) >= 11 is 0. The summed E-state index contributed by atoms with van der Waals surface area (Å²) in [5, 5.41) is 19.9. The van der Waals surface area contributed by atoms with Crippen LogP contribution in [0.25, 0.3) is 21.9 Å². The van der Waals surface area contributed by atoms with E-state index in [1.165, 1.54) is 25.3 Å². The van der Waals surface area contributed by atoms with Crippen molar-refractivity contribution >= 4 is 32.5 Å². The lowest BCUT2D eigenvalue weighted by molar-refractivity contribution is 0.0692. The minimum Gasteiger partial charge on any atom is -0.508 e. The van der Waals surface area contributed by atoms with Crippen LogP contribution >= 0.6 is 0 Å². The molecule has 0 amide bonds. The summed E-state index contributed by atoms with van der Waals surface area (Å²) in [5.74, 6) is -2.08. The Bertz CT molecular complexity index is 1500. The number of sulfonamides is 1. The number of halogens is 1. The predicted octanol–water partition coefficient (Wildman–Crippen LogP) is 4.86. The molecule has 0 bridgehead atoms. The fourth-order valence-corrected chi connectivity index (χ4v) is 4.90. The Balaban J connectivity index is 1.93. The molecule has 0 heterocycles. The predicted molar refractivity (Wildman–Crippen MR) is 122 cm³/mol. The zero-order valence-corrected chi connectivity index (χ0v) is 18.1. The van der Waals surface area contributed by atoms with Gasteiger partial charge >= 0.3 is 5.97 Å². The van der Waals surface area contributed by atoms with Crippen molar-refractivity contribution in [1.29, 1.82) is 0 Å². The van der Waals surface area contributed by atoms with Gasteiger partial charge in [-0.3, -0.25) is 4.72 Å². The number of phenolic OH excluding ortho intramolecular Hbond substituents is 1. The number of aromatic hydroxyl groups is 1. The number of carboxylic acid groups (broad SMARTS) is 1. The molecular formula is C24H18FNO6S. The van der Waals surface area contributed by atoms with E-state index in [1.807, 2.05) is 0 Å². The van der Waals surface area contributed by atoms with Crippen LogP contribution in [0.3, 0.4) is 0 Å². The smallest absolute Gasteiger partial charge is 0.338 e. The van der Waals surface area contributed by atoms with E-state index in [1.54, 1.807) is 36.4 Å². The van der Waals surface area contributed by atoms with Crippen molar-refractivity contribution in [1.82, 2.24) is 0 Å². The number of fused-ring (bicyclic) bond motifs is 1. The van der Waals surface area contributed by atoms with Crippen LogP contribution < -0.4 is 9.46 Å². The number of carboxylic acids is 1. The van der Waals surface area contributed by atoms with Crippen molar-refractivity contribution in [3.63, 3.8) is 0 Å². The van der Waals surface area contributed by atoms with Crippen LogP contribution in [-0.2, 0) is 10.0 Å². The first kappa shape index (κ1) is 22.1. The maximum Gasteiger partial charge on any atom is 0.338 e. The standard InChI is InChI=1S/C24H18FNO6S/c1-32-23-18-8-3-2-7-17(18)22(13-19(23)14-5-4-6-16(27)11-14)33(30,31)26-15-9-10-21(25)20(12-15)24(28)29/h2-13,26-27H,1H3,(H,28,29). The molecule has 0 unspecified atom stereocenters. The lowest BCUT2D eigenvalue weighted by atomic mass is 9.99. The molecule has 0 aromatic heterocycles. The van der Waals surface area contributed by atoms with Crippen LogP contribution in [0.4, 0.5) is 10.1 Å². The number of carbonyl (C=O) groups is 1. The molecule has 0 saturated carbocycles. The van der Waals surface area contributed by atoms with Crippen LogP contribution in [0.1, 0.15) is 10.4 Å². The second kappa shape index (κ2) is 8.44. The highest BCUT2D eigenvalue weighted by atomic mass is 32.2. The fraction of sp³-hybridized carbons (Fsp3) is 0.0417. The number of phenols is 1. The van der Waals surface area contributed by atoms with E-state index in [0.717, 1.165) is 18.2 Å². The quantitative estimate of drug-likeness (QED) is 0.373. The maximum absolute atomic E-state index is 13.7. The Morgan fingerprint density at radius 2 is 1.70 bits per heavy atom. The summed E-state index contributed by atoms with van der Waals surface area (Å²) in [6, 6.07) is 17.4. The monoisotopic (exact) mass is 467 g/mol. The summed E-state index contributed by atoms with van der Waals surface area (Å²) in [5.41, 5.74) is 0.199. The van der Waals surface area contributed by atoms with E-state index in [0.29, 0.717) is 27.6 Å². The van der Waals surface area contributed by atoms with Crippen molar-refractivity contribution in [2.75, 3.05) is 11.8 Å². The molecule has 168 valence electrons. The number of methoxy groups -OCH3 is 1. The number of benzene rings is 4. The van der Waals surface area contributed by atoms with Crippen molar-refractivity contribution in [3.8, 4) is 22.6 Å². The normalized spacial score (nSPS) is 11.3. The van der Waals surface area contributed by atoms with Crippen LogP contribution in [0, 0.1) is 5.82 Å². The molecule has 0 fully saturated rings. The molecule has 0 aliphatic rings. The van der Waals surface area contributed by atoms with Gasteiger partial charge in [0.25, 0.3) is 10.0 Å². The average Bonchev–Trinajstić information content (AvgIpc) is 2.78. The van der Waals surface area contributed by atoms with Crippen molar-refractivity contribution in [2.45, 2.75) is 4.90 Å². The number of hydrogen-bond donors (Lipinski definition) is 3. The van der Waals surface area contributed by atoms with E-state index < -0.39 is 27.4 Å². The van der Waals surface area contributed by atoms with Crippen molar-refractivity contribution in [2.24, 2.45) is 0 Å². The van der Waals surface area contributed by atoms with E-state index in [-0.39, 0.29) is 16.3 Å². The van der Waals surface area contributed by atoms with Crippen LogP contribution in [0.5, 0.6) is 11.5 Å². The third-order valence-electron chi connectivity index (χ3n) is 5.06. The summed E-state index contributed by atoms with van der Waals surface area (Å²) in [7, 11) is -2.78. The van der Waals surface area contributed by atoms with Crippen LogP contribution in [0.15, 0.2) is 77.7 Å². The minimum absolute atomic E-state index is 0.00208. The third-order valence-corrected chi connectivity index (χ3v) is 6.48. The summed E-state index contributed by atoms with van der Waals surface area (Å²) in [6.07, 6.45) is 0. The number of aromatic carboxylic acids is 1.